The zero-order chi connectivity index (χ0) is 13.5. The second-order valence-corrected chi connectivity index (χ2v) is 5.39. The first-order valence-electron chi connectivity index (χ1n) is 6.66. The molecule has 0 fully saturated rings. The molecule has 4 nitrogen and oxygen atoms in total. The van der Waals surface area contributed by atoms with Gasteiger partial charge in [-0.25, -0.2) is 0 Å². The Balaban J connectivity index is 2.44. The molecule has 1 rings (SSSR count). The van der Waals surface area contributed by atoms with Crippen molar-refractivity contribution < 1.29 is 4.42 Å². The predicted molar refractivity (Wildman–Crippen MR) is 75.4 cm³/mol. The van der Waals surface area contributed by atoms with Crippen LogP contribution >= 0.6 is 0 Å². The van der Waals surface area contributed by atoms with Gasteiger partial charge >= 0.3 is 0 Å². The Hall–Kier alpha value is -0.840. The van der Waals surface area contributed by atoms with Gasteiger partial charge in [0, 0.05) is 6.54 Å². The molecule has 2 unspecified atom stereocenters. The minimum Gasteiger partial charge on any atom is -0.468 e. The normalized spacial score (nSPS) is 15.3. The summed E-state index contributed by atoms with van der Waals surface area (Å²) >= 11 is 0. The van der Waals surface area contributed by atoms with E-state index < -0.39 is 0 Å². The Bertz CT molecular complexity index is 309. The molecule has 0 aliphatic heterocycles. The van der Waals surface area contributed by atoms with Gasteiger partial charge in [-0.3, -0.25) is 4.90 Å². The van der Waals surface area contributed by atoms with E-state index in [-0.39, 0.29) is 6.04 Å². The van der Waals surface area contributed by atoms with Crippen LogP contribution in [0, 0.1) is 11.8 Å². The van der Waals surface area contributed by atoms with E-state index in [9.17, 15) is 0 Å². The van der Waals surface area contributed by atoms with E-state index in [4.69, 9.17) is 10.2 Å². The van der Waals surface area contributed by atoms with E-state index in [2.05, 4.69) is 38.2 Å². The molecule has 0 radical (unpaired) electrons. The van der Waals surface area contributed by atoms with Gasteiger partial charge in [0.25, 0.3) is 0 Å². The summed E-state index contributed by atoms with van der Waals surface area (Å²) in [6, 6.07) is 4.23. The van der Waals surface area contributed by atoms with E-state index >= 15 is 0 Å². The van der Waals surface area contributed by atoms with Crippen molar-refractivity contribution in [3.05, 3.63) is 24.2 Å². The summed E-state index contributed by atoms with van der Waals surface area (Å²) in [5.74, 6) is 2.15. The van der Waals surface area contributed by atoms with Crippen molar-refractivity contribution in [2.45, 2.75) is 19.9 Å². The third kappa shape index (κ3) is 4.44. The second-order valence-electron chi connectivity index (χ2n) is 5.39. The quantitative estimate of drug-likeness (QED) is 0.740. The SMILES string of the molecule is CC(C)C(CN)CNCC(c1ccco1)N(C)C. The van der Waals surface area contributed by atoms with Crippen LogP contribution in [0.15, 0.2) is 22.8 Å². The lowest BCUT2D eigenvalue weighted by Gasteiger charge is -2.25. The molecule has 0 bridgehead atoms. The lowest BCUT2D eigenvalue weighted by Crippen LogP contribution is -2.36. The number of nitrogens with zero attached hydrogens (tertiary/aromatic N) is 1. The highest BCUT2D eigenvalue weighted by Gasteiger charge is 2.17. The van der Waals surface area contributed by atoms with Crippen molar-refractivity contribution in [2.24, 2.45) is 17.6 Å². The third-order valence-electron chi connectivity index (χ3n) is 3.48. The van der Waals surface area contributed by atoms with Gasteiger partial charge in [-0.15, -0.1) is 0 Å². The number of rotatable bonds is 8. The summed E-state index contributed by atoms with van der Waals surface area (Å²) in [6.07, 6.45) is 1.72. The molecule has 0 aliphatic rings. The Morgan fingerprint density at radius 3 is 2.50 bits per heavy atom. The zero-order valence-electron chi connectivity index (χ0n) is 12.0. The topological polar surface area (TPSA) is 54.4 Å². The smallest absolute Gasteiger partial charge is 0.122 e. The minimum atomic E-state index is 0.269. The molecule has 3 N–H and O–H groups in total. The Morgan fingerprint density at radius 1 is 1.33 bits per heavy atom. The van der Waals surface area contributed by atoms with Crippen LogP contribution in [0.3, 0.4) is 0 Å². The van der Waals surface area contributed by atoms with Crippen molar-refractivity contribution in [1.82, 2.24) is 10.2 Å². The molecule has 0 spiro atoms. The van der Waals surface area contributed by atoms with Gasteiger partial charge in [-0.05, 0) is 51.2 Å². The van der Waals surface area contributed by atoms with Gasteiger partial charge in [-0.1, -0.05) is 13.8 Å². The molecule has 104 valence electrons. The number of furan rings is 1. The van der Waals surface area contributed by atoms with Crippen molar-refractivity contribution in [3.8, 4) is 0 Å². The average Bonchev–Trinajstić information content (AvgIpc) is 2.81. The van der Waals surface area contributed by atoms with E-state index in [1.807, 2.05) is 12.1 Å². The van der Waals surface area contributed by atoms with Crippen LogP contribution in [-0.2, 0) is 0 Å². The van der Waals surface area contributed by atoms with Crippen LogP contribution in [0.1, 0.15) is 25.6 Å². The molecule has 0 saturated carbocycles. The van der Waals surface area contributed by atoms with Crippen molar-refractivity contribution >= 4 is 0 Å². The molecule has 0 amide bonds. The van der Waals surface area contributed by atoms with Crippen LogP contribution in [0.4, 0.5) is 0 Å². The second kappa shape index (κ2) is 7.56. The lowest BCUT2D eigenvalue weighted by molar-refractivity contribution is 0.243. The van der Waals surface area contributed by atoms with Gasteiger partial charge in [0.05, 0.1) is 12.3 Å². The lowest BCUT2D eigenvalue weighted by atomic mass is 9.96. The van der Waals surface area contributed by atoms with Crippen molar-refractivity contribution in [1.29, 1.82) is 0 Å². The zero-order valence-corrected chi connectivity index (χ0v) is 12.0. The third-order valence-corrected chi connectivity index (χ3v) is 3.48. The van der Waals surface area contributed by atoms with Crippen LogP contribution < -0.4 is 11.1 Å². The van der Waals surface area contributed by atoms with Gasteiger partial charge in [0.2, 0.25) is 0 Å². The molecule has 4 heteroatoms. The summed E-state index contributed by atoms with van der Waals surface area (Å²) in [6.45, 7) is 7.01. The summed E-state index contributed by atoms with van der Waals surface area (Å²) in [4.78, 5) is 2.17. The van der Waals surface area contributed by atoms with Crippen molar-refractivity contribution in [3.63, 3.8) is 0 Å². The number of likely N-dealkylation sites (N-methyl/N-ethyl adjacent to an activating group) is 1. The first kappa shape index (κ1) is 15.2. The summed E-state index contributed by atoms with van der Waals surface area (Å²) in [7, 11) is 4.13. The molecule has 1 aromatic rings. The van der Waals surface area contributed by atoms with Gasteiger partial charge in [-0.2, -0.15) is 0 Å². The van der Waals surface area contributed by atoms with Gasteiger partial charge in [0.1, 0.15) is 5.76 Å². The van der Waals surface area contributed by atoms with Crippen LogP contribution in [0.25, 0.3) is 0 Å². The molecule has 2 atom stereocenters. The Kier molecular flexibility index (Phi) is 6.39. The Morgan fingerprint density at radius 2 is 2.06 bits per heavy atom. The number of hydrogen-bond acceptors (Lipinski definition) is 4. The summed E-state index contributed by atoms with van der Waals surface area (Å²) in [5.41, 5.74) is 5.78. The minimum absolute atomic E-state index is 0.269. The first-order valence-corrected chi connectivity index (χ1v) is 6.66. The largest absolute Gasteiger partial charge is 0.468 e. The van der Waals surface area contributed by atoms with E-state index in [0.29, 0.717) is 11.8 Å². The molecular weight excluding hydrogens is 226 g/mol. The monoisotopic (exact) mass is 253 g/mol. The van der Waals surface area contributed by atoms with E-state index in [1.165, 1.54) is 0 Å². The van der Waals surface area contributed by atoms with Crippen LogP contribution in [-0.4, -0.2) is 38.6 Å². The van der Waals surface area contributed by atoms with Gasteiger partial charge < -0.3 is 15.5 Å². The predicted octanol–water partition coefficient (Wildman–Crippen LogP) is 1.70. The number of nitrogens with one attached hydrogen (secondary N) is 1. The molecule has 0 saturated heterocycles. The van der Waals surface area contributed by atoms with Gasteiger partial charge in [0.15, 0.2) is 0 Å². The molecule has 18 heavy (non-hydrogen) atoms. The molecular formula is C14H27N3O. The van der Waals surface area contributed by atoms with Crippen molar-refractivity contribution in [2.75, 3.05) is 33.7 Å². The average molecular weight is 253 g/mol. The first-order chi connectivity index (χ1) is 8.56. The summed E-state index contributed by atoms with van der Waals surface area (Å²) in [5, 5.41) is 3.51. The molecule has 0 aromatic carbocycles. The fourth-order valence-corrected chi connectivity index (χ4v) is 2.02. The standard InChI is InChI=1S/C14H27N3O/c1-11(2)12(8-15)9-16-10-13(17(3)4)14-6-5-7-18-14/h5-7,11-13,16H,8-10,15H2,1-4H3. The van der Waals surface area contributed by atoms with E-state index in [0.717, 1.165) is 25.4 Å². The number of nitrogens with two attached hydrogens (primary N) is 1. The van der Waals surface area contributed by atoms with Crippen LogP contribution in [0.2, 0.25) is 0 Å². The molecule has 1 heterocycles. The fraction of sp³-hybridized carbons (Fsp3) is 0.714. The Labute approximate surface area is 111 Å². The maximum Gasteiger partial charge on any atom is 0.122 e. The summed E-state index contributed by atoms with van der Waals surface area (Å²) < 4.78 is 5.48. The van der Waals surface area contributed by atoms with Crippen LogP contribution in [0.5, 0.6) is 0 Å². The maximum atomic E-state index is 5.78. The highest BCUT2D eigenvalue weighted by molar-refractivity contribution is 5.04. The molecule has 0 aliphatic carbocycles. The highest BCUT2D eigenvalue weighted by atomic mass is 16.3. The maximum absolute atomic E-state index is 5.78. The molecule has 1 aromatic heterocycles. The fourth-order valence-electron chi connectivity index (χ4n) is 2.02. The highest BCUT2D eigenvalue weighted by Crippen LogP contribution is 2.17. The number of hydrogen-bond donors (Lipinski definition) is 2. The van der Waals surface area contributed by atoms with E-state index in [1.54, 1.807) is 6.26 Å².